The Morgan fingerprint density at radius 2 is 1.35 bits per heavy atom. The molecule has 1 aliphatic carbocycles. The van der Waals surface area contributed by atoms with Crippen molar-refractivity contribution in [1.82, 2.24) is 0 Å². The van der Waals surface area contributed by atoms with Crippen LogP contribution in [0.4, 0.5) is 0 Å². The summed E-state index contributed by atoms with van der Waals surface area (Å²) in [6.45, 7) is -2.79. The van der Waals surface area contributed by atoms with E-state index in [9.17, 15) is 0 Å². The number of hydrogen-bond donors (Lipinski definition) is 0. The lowest BCUT2D eigenvalue weighted by molar-refractivity contribution is 0.496. The Labute approximate surface area is 146 Å². The van der Waals surface area contributed by atoms with E-state index in [4.69, 9.17) is 33.1 Å². The molecule has 0 atom stereocenters. The molecule has 0 saturated heterocycles. The lowest BCUT2D eigenvalue weighted by Gasteiger charge is -2.27. The maximum atomic E-state index is 6.13. The summed E-state index contributed by atoms with van der Waals surface area (Å²) < 4.78 is 12.3. The zero-order valence-electron chi connectivity index (χ0n) is 12.3. The van der Waals surface area contributed by atoms with E-state index in [1.54, 1.807) is 0 Å². The SMILES string of the molecule is S=C1CC=CC=C1P(=S)(Oc1ccccc1)Oc1ccccc1. The van der Waals surface area contributed by atoms with Crippen molar-refractivity contribution in [2.75, 3.05) is 0 Å². The summed E-state index contributed by atoms with van der Waals surface area (Å²) >= 11 is 11.3. The standard InChI is InChI=1S/C18H15O2PS2/c22-18-14-8-7-13-17(18)21(23,19-15-9-3-1-4-10-15)20-16-11-5-2-6-12-16/h1-13H,14H2. The molecule has 23 heavy (non-hydrogen) atoms. The Morgan fingerprint density at radius 3 is 1.83 bits per heavy atom. The average molecular weight is 358 g/mol. The Hall–Kier alpha value is -1.74. The summed E-state index contributed by atoms with van der Waals surface area (Å²) in [7, 11) is 0. The molecule has 116 valence electrons. The molecule has 0 aliphatic heterocycles. The van der Waals surface area contributed by atoms with Crippen LogP contribution >= 0.6 is 18.7 Å². The molecule has 0 fully saturated rings. The molecule has 0 amide bonds. The molecule has 2 aromatic rings. The van der Waals surface area contributed by atoms with Crippen molar-refractivity contribution in [2.24, 2.45) is 0 Å². The maximum Gasteiger partial charge on any atom is 0.320 e. The van der Waals surface area contributed by atoms with Crippen LogP contribution < -0.4 is 9.05 Å². The average Bonchev–Trinajstić information content (AvgIpc) is 2.57. The summed E-state index contributed by atoms with van der Waals surface area (Å²) in [5.41, 5.74) is 0. The van der Waals surface area contributed by atoms with E-state index < -0.39 is 6.49 Å². The monoisotopic (exact) mass is 358 g/mol. The minimum Gasteiger partial charge on any atom is -0.432 e. The van der Waals surface area contributed by atoms with Gasteiger partial charge in [-0.05, 0) is 42.1 Å². The van der Waals surface area contributed by atoms with Crippen LogP contribution in [0.2, 0.25) is 0 Å². The minimum absolute atomic E-state index is 0.685. The van der Waals surface area contributed by atoms with E-state index in [1.807, 2.05) is 78.9 Å². The molecule has 0 heterocycles. The van der Waals surface area contributed by atoms with E-state index in [0.29, 0.717) is 17.9 Å². The van der Waals surface area contributed by atoms with Crippen LogP contribution in [0.1, 0.15) is 6.42 Å². The number of allylic oxidation sites excluding steroid dienone is 4. The van der Waals surface area contributed by atoms with Gasteiger partial charge in [-0.3, -0.25) is 0 Å². The molecule has 0 unspecified atom stereocenters. The second kappa shape index (κ2) is 7.22. The number of hydrogen-bond acceptors (Lipinski definition) is 4. The third-order valence-electron chi connectivity index (χ3n) is 3.21. The van der Waals surface area contributed by atoms with Crippen molar-refractivity contribution in [3.8, 4) is 11.5 Å². The molecule has 1 aliphatic rings. The lowest BCUT2D eigenvalue weighted by atomic mass is 10.2. The molecule has 2 nitrogen and oxygen atoms in total. The largest absolute Gasteiger partial charge is 0.432 e. The molecular weight excluding hydrogens is 343 g/mol. The normalized spacial score (nSPS) is 14.3. The summed E-state index contributed by atoms with van der Waals surface area (Å²) in [5, 5.41) is 0.803. The zero-order chi connectivity index (χ0) is 16.1. The highest BCUT2D eigenvalue weighted by Gasteiger charge is 2.31. The van der Waals surface area contributed by atoms with Crippen molar-refractivity contribution in [3.63, 3.8) is 0 Å². The molecule has 0 aromatic heterocycles. The highest BCUT2D eigenvalue weighted by Crippen LogP contribution is 2.57. The van der Waals surface area contributed by atoms with E-state index in [0.717, 1.165) is 10.2 Å². The maximum absolute atomic E-state index is 6.13. The Morgan fingerprint density at radius 1 is 0.826 bits per heavy atom. The second-order valence-electron chi connectivity index (χ2n) is 4.91. The van der Waals surface area contributed by atoms with Crippen molar-refractivity contribution in [3.05, 3.63) is 84.2 Å². The van der Waals surface area contributed by atoms with Gasteiger partial charge in [-0.1, -0.05) is 60.8 Å². The smallest absolute Gasteiger partial charge is 0.320 e. The highest BCUT2D eigenvalue weighted by atomic mass is 32.5. The fourth-order valence-corrected chi connectivity index (χ4v) is 5.56. The van der Waals surface area contributed by atoms with Gasteiger partial charge in [-0.25, -0.2) is 0 Å². The van der Waals surface area contributed by atoms with Gasteiger partial charge in [0.25, 0.3) is 0 Å². The van der Waals surface area contributed by atoms with E-state index in [1.165, 1.54) is 0 Å². The third-order valence-corrected chi connectivity index (χ3v) is 6.70. The summed E-state index contributed by atoms with van der Waals surface area (Å²) in [4.78, 5) is 0.780. The van der Waals surface area contributed by atoms with Gasteiger partial charge >= 0.3 is 6.49 Å². The van der Waals surface area contributed by atoms with Gasteiger partial charge in [-0.2, -0.15) is 0 Å². The van der Waals surface area contributed by atoms with Crippen molar-refractivity contribution in [2.45, 2.75) is 6.42 Å². The van der Waals surface area contributed by atoms with Crippen LogP contribution in [0.5, 0.6) is 11.5 Å². The first kappa shape index (κ1) is 16.1. The Balaban J connectivity index is 1.98. The lowest BCUT2D eigenvalue weighted by Crippen LogP contribution is -2.10. The predicted molar refractivity (Wildman–Crippen MR) is 103 cm³/mol. The number of rotatable bonds is 5. The summed E-state index contributed by atoms with van der Waals surface area (Å²) in [5.74, 6) is 1.37. The van der Waals surface area contributed by atoms with Gasteiger partial charge in [0, 0.05) is 11.3 Å². The highest BCUT2D eigenvalue weighted by molar-refractivity contribution is 8.13. The molecule has 5 heteroatoms. The fraction of sp³-hybridized carbons (Fsp3) is 0.0556. The van der Waals surface area contributed by atoms with Gasteiger partial charge < -0.3 is 9.05 Å². The molecule has 0 N–H and O–H groups in total. The van der Waals surface area contributed by atoms with E-state index >= 15 is 0 Å². The third kappa shape index (κ3) is 3.97. The van der Waals surface area contributed by atoms with Crippen LogP contribution in [0, 0.1) is 0 Å². The van der Waals surface area contributed by atoms with Crippen LogP contribution in [0.15, 0.2) is 84.2 Å². The first-order chi connectivity index (χ1) is 11.2. The molecule has 0 spiro atoms. The zero-order valence-corrected chi connectivity index (χ0v) is 14.8. The Kier molecular flexibility index (Phi) is 5.06. The van der Waals surface area contributed by atoms with Gasteiger partial charge in [0.05, 0.1) is 5.31 Å². The minimum atomic E-state index is -2.79. The van der Waals surface area contributed by atoms with Crippen molar-refractivity contribution in [1.29, 1.82) is 0 Å². The van der Waals surface area contributed by atoms with Gasteiger partial charge in [0.1, 0.15) is 11.5 Å². The second-order valence-corrected chi connectivity index (χ2v) is 8.69. The van der Waals surface area contributed by atoms with E-state index in [2.05, 4.69) is 0 Å². The topological polar surface area (TPSA) is 18.5 Å². The first-order valence-corrected chi connectivity index (χ1v) is 10.2. The first-order valence-electron chi connectivity index (χ1n) is 7.17. The van der Waals surface area contributed by atoms with Crippen molar-refractivity contribution >= 4 is 35.4 Å². The van der Waals surface area contributed by atoms with Gasteiger partial charge in [0.2, 0.25) is 0 Å². The van der Waals surface area contributed by atoms with Crippen molar-refractivity contribution < 1.29 is 9.05 Å². The fourth-order valence-electron chi connectivity index (χ4n) is 2.13. The molecule has 0 radical (unpaired) electrons. The molecule has 0 bridgehead atoms. The predicted octanol–water partition coefficient (Wildman–Crippen LogP) is 5.67. The molecular formula is C18H15O2PS2. The van der Waals surface area contributed by atoms with Gasteiger partial charge in [-0.15, -0.1) is 0 Å². The number of thiocarbonyl (C=S) groups is 1. The van der Waals surface area contributed by atoms with Crippen LogP contribution in [0.25, 0.3) is 0 Å². The van der Waals surface area contributed by atoms with Crippen LogP contribution in [0.3, 0.4) is 0 Å². The molecule has 3 rings (SSSR count). The number of benzene rings is 2. The quantitative estimate of drug-likeness (QED) is 0.506. The summed E-state index contributed by atoms with van der Waals surface area (Å²) in [6.07, 6.45) is 6.57. The molecule has 0 saturated carbocycles. The van der Waals surface area contributed by atoms with Gasteiger partial charge in [0.15, 0.2) is 0 Å². The van der Waals surface area contributed by atoms with Crippen LogP contribution in [-0.2, 0) is 11.8 Å². The van der Waals surface area contributed by atoms with Crippen LogP contribution in [-0.4, -0.2) is 4.86 Å². The molecule has 2 aromatic carbocycles. The Bertz CT molecular complexity index is 753. The van der Waals surface area contributed by atoms with E-state index in [-0.39, 0.29) is 0 Å². The summed E-state index contributed by atoms with van der Waals surface area (Å²) in [6, 6.07) is 19.0. The number of para-hydroxylation sites is 2.